The molecule has 1 saturated heterocycles. The van der Waals surface area contributed by atoms with Crippen LogP contribution in [0.4, 0.5) is 0 Å². The molecule has 0 aromatic heterocycles. The molecule has 1 saturated carbocycles. The highest BCUT2D eigenvalue weighted by Crippen LogP contribution is 2.37. The molecule has 0 amide bonds. The fourth-order valence-corrected chi connectivity index (χ4v) is 4.51. The van der Waals surface area contributed by atoms with Crippen LogP contribution in [0, 0.1) is 5.92 Å². The van der Waals surface area contributed by atoms with Gasteiger partial charge < -0.3 is 19.1 Å². The van der Waals surface area contributed by atoms with Gasteiger partial charge in [0.2, 0.25) is 0 Å². The van der Waals surface area contributed by atoms with Gasteiger partial charge in [0, 0.05) is 39.1 Å². The first-order valence-electron chi connectivity index (χ1n) is 10.7. The lowest BCUT2D eigenvalue weighted by Gasteiger charge is -2.38. The van der Waals surface area contributed by atoms with E-state index < -0.39 is 0 Å². The van der Waals surface area contributed by atoms with E-state index in [0.717, 1.165) is 69.9 Å². The molecule has 0 spiro atoms. The van der Waals surface area contributed by atoms with Gasteiger partial charge in [0.05, 0.1) is 37.6 Å². The first-order valence-corrected chi connectivity index (χ1v) is 10.7. The van der Waals surface area contributed by atoms with Crippen molar-refractivity contribution in [1.29, 1.82) is 0 Å². The molecule has 1 aromatic rings. The molecule has 6 heteroatoms. The van der Waals surface area contributed by atoms with Gasteiger partial charge in [-0.2, -0.15) is 0 Å². The van der Waals surface area contributed by atoms with E-state index in [1.54, 1.807) is 13.4 Å². The number of ketones is 1. The van der Waals surface area contributed by atoms with Crippen LogP contribution in [-0.4, -0.2) is 81.3 Å². The van der Waals surface area contributed by atoms with Gasteiger partial charge in [0.15, 0.2) is 5.78 Å². The Balaban J connectivity index is 1.28. The minimum Gasteiger partial charge on any atom is -0.497 e. The van der Waals surface area contributed by atoms with E-state index in [9.17, 15) is 4.79 Å². The van der Waals surface area contributed by atoms with Crippen LogP contribution >= 0.6 is 0 Å². The SMILES string of the molecule is COc1ccc(C2=COC3CC(OCCN4CCN(C)CC4)CCC3C2=O)cc1. The molecular formula is C23H32N2O4. The lowest BCUT2D eigenvalue weighted by molar-refractivity contribution is -0.128. The number of nitrogens with zero attached hydrogens (tertiary/aromatic N) is 2. The van der Waals surface area contributed by atoms with Gasteiger partial charge in [0.1, 0.15) is 11.9 Å². The van der Waals surface area contributed by atoms with Crippen molar-refractivity contribution in [3.8, 4) is 5.75 Å². The lowest BCUT2D eigenvalue weighted by atomic mass is 9.78. The van der Waals surface area contributed by atoms with E-state index in [1.165, 1.54) is 0 Å². The van der Waals surface area contributed by atoms with E-state index in [4.69, 9.17) is 14.2 Å². The third-order valence-electron chi connectivity index (χ3n) is 6.46. The molecule has 2 heterocycles. The third-order valence-corrected chi connectivity index (χ3v) is 6.46. The summed E-state index contributed by atoms with van der Waals surface area (Å²) in [6, 6.07) is 7.58. The van der Waals surface area contributed by atoms with Crippen LogP contribution in [-0.2, 0) is 14.3 Å². The standard InChI is InChI=1S/C23H32N2O4/c1-24-9-11-25(12-10-24)13-14-28-19-7-8-20-22(15-19)29-16-21(23(20)26)17-3-5-18(27-2)6-4-17/h3-6,16,19-20,22H,7-15H2,1-2H3. The van der Waals surface area contributed by atoms with Crippen molar-refractivity contribution in [3.05, 3.63) is 36.1 Å². The Labute approximate surface area is 173 Å². The van der Waals surface area contributed by atoms with Gasteiger partial charge in [-0.15, -0.1) is 0 Å². The number of ether oxygens (including phenoxy) is 3. The predicted molar refractivity (Wildman–Crippen MR) is 112 cm³/mol. The van der Waals surface area contributed by atoms with Gasteiger partial charge in [0.25, 0.3) is 0 Å². The molecule has 158 valence electrons. The van der Waals surface area contributed by atoms with E-state index in [1.807, 2.05) is 24.3 Å². The van der Waals surface area contributed by atoms with Crippen LogP contribution in [0.3, 0.4) is 0 Å². The highest BCUT2D eigenvalue weighted by Gasteiger charge is 2.40. The van der Waals surface area contributed by atoms with Crippen LogP contribution in [0.1, 0.15) is 24.8 Å². The molecule has 6 nitrogen and oxygen atoms in total. The number of piperazine rings is 1. The van der Waals surface area contributed by atoms with Gasteiger partial charge in [-0.25, -0.2) is 0 Å². The van der Waals surface area contributed by atoms with Crippen molar-refractivity contribution in [2.75, 3.05) is 53.5 Å². The molecule has 29 heavy (non-hydrogen) atoms. The molecule has 0 radical (unpaired) electrons. The monoisotopic (exact) mass is 400 g/mol. The molecule has 4 rings (SSSR count). The second-order valence-electron chi connectivity index (χ2n) is 8.36. The second-order valence-corrected chi connectivity index (χ2v) is 8.36. The molecule has 2 fully saturated rings. The number of likely N-dealkylation sites (N-methyl/N-ethyl adjacent to an activating group) is 1. The Morgan fingerprint density at radius 3 is 2.59 bits per heavy atom. The number of hydrogen-bond acceptors (Lipinski definition) is 6. The molecule has 3 unspecified atom stereocenters. The Morgan fingerprint density at radius 1 is 1.10 bits per heavy atom. The van der Waals surface area contributed by atoms with Crippen molar-refractivity contribution in [3.63, 3.8) is 0 Å². The first kappa shape index (κ1) is 20.4. The smallest absolute Gasteiger partial charge is 0.173 e. The van der Waals surface area contributed by atoms with E-state index in [-0.39, 0.29) is 23.9 Å². The summed E-state index contributed by atoms with van der Waals surface area (Å²) in [5.74, 6) is 0.919. The zero-order valence-corrected chi connectivity index (χ0v) is 17.5. The number of Topliss-reactive ketones (excluding diaryl/α,β-unsaturated/α-hetero) is 1. The highest BCUT2D eigenvalue weighted by molar-refractivity contribution is 6.22. The molecule has 1 aromatic carbocycles. The number of benzene rings is 1. The predicted octanol–water partition coefficient (Wildman–Crippen LogP) is 2.44. The van der Waals surface area contributed by atoms with E-state index in [2.05, 4.69) is 16.8 Å². The molecular weight excluding hydrogens is 368 g/mol. The van der Waals surface area contributed by atoms with Gasteiger partial charge >= 0.3 is 0 Å². The fraction of sp³-hybridized carbons (Fsp3) is 0.609. The number of methoxy groups -OCH3 is 1. The Hall–Kier alpha value is -1.89. The van der Waals surface area contributed by atoms with Crippen molar-refractivity contribution in [1.82, 2.24) is 9.80 Å². The summed E-state index contributed by atoms with van der Waals surface area (Å²) >= 11 is 0. The highest BCUT2D eigenvalue weighted by atomic mass is 16.5. The molecule has 3 atom stereocenters. The van der Waals surface area contributed by atoms with Crippen molar-refractivity contribution < 1.29 is 19.0 Å². The first-order chi connectivity index (χ1) is 14.1. The summed E-state index contributed by atoms with van der Waals surface area (Å²) in [6.45, 7) is 6.24. The van der Waals surface area contributed by atoms with Gasteiger partial charge in [-0.3, -0.25) is 9.69 Å². The molecule has 0 N–H and O–H groups in total. The average molecular weight is 401 g/mol. The normalized spacial score (nSPS) is 28.4. The fourth-order valence-electron chi connectivity index (χ4n) is 4.51. The second kappa shape index (κ2) is 9.28. The van der Waals surface area contributed by atoms with Gasteiger partial charge in [-0.05, 0) is 37.6 Å². The number of hydrogen-bond donors (Lipinski definition) is 0. The van der Waals surface area contributed by atoms with Crippen molar-refractivity contribution in [2.24, 2.45) is 5.92 Å². The van der Waals surface area contributed by atoms with Gasteiger partial charge in [-0.1, -0.05) is 12.1 Å². The molecule has 1 aliphatic carbocycles. The number of rotatable bonds is 6. The topological polar surface area (TPSA) is 51.2 Å². The van der Waals surface area contributed by atoms with E-state index in [0.29, 0.717) is 5.57 Å². The summed E-state index contributed by atoms with van der Waals surface area (Å²) in [4.78, 5) is 17.9. The quantitative estimate of drug-likeness (QED) is 0.731. The molecule has 3 aliphatic rings. The molecule has 2 aliphatic heterocycles. The van der Waals surface area contributed by atoms with Crippen LogP contribution in [0.5, 0.6) is 5.75 Å². The zero-order valence-electron chi connectivity index (χ0n) is 17.5. The molecule has 0 bridgehead atoms. The third kappa shape index (κ3) is 4.82. The Kier molecular flexibility index (Phi) is 6.53. The maximum Gasteiger partial charge on any atom is 0.173 e. The Morgan fingerprint density at radius 2 is 1.86 bits per heavy atom. The number of carbonyl (C=O) groups is 1. The minimum atomic E-state index is -0.0631. The maximum absolute atomic E-state index is 13.0. The Bertz CT molecular complexity index is 725. The number of carbonyl (C=O) groups excluding carboxylic acids is 1. The average Bonchev–Trinajstić information content (AvgIpc) is 2.75. The largest absolute Gasteiger partial charge is 0.497 e. The summed E-state index contributed by atoms with van der Waals surface area (Å²) in [5.41, 5.74) is 1.56. The van der Waals surface area contributed by atoms with Crippen LogP contribution in [0.25, 0.3) is 5.57 Å². The van der Waals surface area contributed by atoms with Crippen molar-refractivity contribution in [2.45, 2.75) is 31.5 Å². The number of allylic oxidation sites excluding steroid dienone is 1. The lowest BCUT2D eigenvalue weighted by Crippen LogP contribution is -2.46. The minimum absolute atomic E-state index is 0.0606. The summed E-state index contributed by atoms with van der Waals surface area (Å²) < 4.78 is 17.4. The summed E-state index contributed by atoms with van der Waals surface area (Å²) in [5, 5.41) is 0. The summed E-state index contributed by atoms with van der Waals surface area (Å²) in [6.07, 6.45) is 4.33. The summed E-state index contributed by atoms with van der Waals surface area (Å²) in [7, 11) is 3.81. The van der Waals surface area contributed by atoms with E-state index >= 15 is 0 Å². The van der Waals surface area contributed by atoms with Crippen LogP contribution in [0.15, 0.2) is 30.5 Å². The zero-order chi connectivity index (χ0) is 20.2. The van der Waals surface area contributed by atoms with Crippen LogP contribution in [0.2, 0.25) is 0 Å². The number of fused-ring (bicyclic) bond motifs is 1. The van der Waals surface area contributed by atoms with Crippen molar-refractivity contribution >= 4 is 11.4 Å². The maximum atomic E-state index is 13.0. The van der Waals surface area contributed by atoms with Crippen LogP contribution < -0.4 is 4.74 Å².